The minimum Gasteiger partial charge on any atom is -0.493 e. The summed E-state index contributed by atoms with van der Waals surface area (Å²) in [7, 11) is 1.94. The largest absolute Gasteiger partial charge is 0.493 e. The van der Waals surface area contributed by atoms with E-state index in [1.165, 1.54) is 5.56 Å². The first-order chi connectivity index (χ1) is 15.0. The van der Waals surface area contributed by atoms with Crippen LogP contribution < -0.4 is 10.1 Å². The van der Waals surface area contributed by atoms with Gasteiger partial charge in [-0.3, -0.25) is 0 Å². The second-order valence-corrected chi connectivity index (χ2v) is 8.55. The van der Waals surface area contributed by atoms with Crippen LogP contribution in [0.5, 0.6) is 5.75 Å². The van der Waals surface area contributed by atoms with Crippen molar-refractivity contribution in [2.24, 2.45) is 5.92 Å². The molecule has 0 bridgehead atoms. The number of nitrogens with one attached hydrogen (secondary N) is 2. The third kappa shape index (κ3) is 5.24. The Hall–Kier alpha value is -2.89. The number of hydrogen-bond acceptors (Lipinski definition) is 4. The number of aromatic nitrogens is 3. The molecule has 0 atom stereocenters. The first-order valence-corrected chi connectivity index (χ1v) is 10.9. The summed E-state index contributed by atoms with van der Waals surface area (Å²) in [6.45, 7) is 5.75. The minimum atomic E-state index is 0.451. The van der Waals surface area contributed by atoms with E-state index in [0.717, 1.165) is 46.1 Å². The quantitative estimate of drug-likeness (QED) is 0.377. The molecule has 6 heteroatoms. The van der Waals surface area contributed by atoms with Crippen molar-refractivity contribution in [3.63, 3.8) is 0 Å². The van der Waals surface area contributed by atoms with E-state index < -0.39 is 0 Å². The molecule has 0 radical (unpaired) electrons. The predicted molar refractivity (Wildman–Crippen MR) is 127 cm³/mol. The van der Waals surface area contributed by atoms with Gasteiger partial charge in [-0.15, -0.1) is 0 Å². The Morgan fingerprint density at radius 1 is 1.06 bits per heavy atom. The second-order valence-electron chi connectivity index (χ2n) is 8.12. The number of H-pyrrole nitrogens is 1. The van der Waals surface area contributed by atoms with Gasteiger partial charge in [-0.2, -0.15) is 0 Å². The van der Waals surface area contributed by atoms with Crippen LogP contribution in [0, 0.1) is 5.92 Å². The van der Waals surface area contributed by atoms with Crippen molar-refractivity contribution in [2.45, 2.75) is 26.8 Å². The molecule has 0 aliphatic carbocycles. The van der Waals surface area contributed by atoms with Crippen molar-refractivity contribution in [3.8, 4) is 17.3 Å². The van der Waals surface area contributed by atoms with Crippen LogP contribution in [0.25, 0.3) is 22.6 Å². The van der Waals surface area contributed by atoms with Crippen molar-refractivity contribution >= 4 is 22.6 Å². The van der Waals surface area contributed by atoms with Gasteiger partial charge in [-0.25, -0.2) is 9.97 Å². The summed E-state index contributed by atoms with van der Waals surface area (Å²) in [4.78, 5) is 13.0. The summed E-state index contributed by atoms with van der Waals surface area (Å²) in [6, 6.07) is 18.0. The number of halogens is 1. The summed E-state index contributed by atoms with van der Waals surface area (Å²) in [6.07, 6.45) is 0.633. The number of aromatic amines is 1. The molecule has 5 nitrogen and oxygen atoms in total. The molecule has 4 aromatic rings. The van der Waals surface area contributed by atoms with Crippen molar-refractivity contribution in [2.75, 3.05) is 13.7 Å². The van der Waals surface area contributed by atoms with Gasteiger partial charge >= 0.3 is 0 Å². The number of benzene rings is 2. The maximum absolute atomic E-state index is 6.26. The average Bonchev–Trinajstić information content (AvgIpc) is 3.17. The molecule has 2 N–H and O–H groups in total. The molecule has 0 saturated heterocycles. The summed E-state index contributed by atoms with van der Waals surface area (Å²) >= 11 is 6.26. The van der Waals surface area contributed by atoms with Crippen LogP contribution >= 0.6 is 11.6 Å². The van der Waals surface area contributed by atoms with Gasteiger partial charge in [0.2, 0.25) is 0 Å². The Kier molecular flexibility index (Phi) is 6.54. The van der Waals surface area contributed by atoms with Gasteiger partial charge < -0.3 is 15.0 Å². The highest BCUT2D eigenvalue weighted by atomic mass is 35.5. The fraction of sp³-hybridized carbons (Fsp3) is 0.280. The molecular weight excluding hydrogens is 408 g/mol. The van der Waals surface area contributed by atoms with Crippen molar-refractivity contribution in [3.05, 3.63) is 76.4 Å². The Bertz CT molecular complexity index is 1190. The highest BCUT2D eigenvalue weighted by molar-refractivity contribution is 6.30. The number of imidazole rings is 1. The van der Waals surface area contributed by atoms with Crippen molar-refractivity contribution < 1.29 is 4.74 Å². The predicted octanol–water partition coefficient (Wildman–Crippen LogP) is 5.62. The van der Waals surface area contributed by atoms with E-state index in [1.54, 1.807) is 0 Å². The van der Waals surface area contributed by atoms with Crippen LogP contribution in [0.15, 0.2) is 54.6 Å². The fourth-order valence-corrected chi connectivity index (χ4v) is 3.68. The molecule has 31 heavy (non-hydrogen) atoms. The molecule has 2 aromatic heterocycles. The normalized spacial score (nSPS) is 11.4. The van der Waals surface area contributed by atoms with E-state index in [0.29, 0.717) is 24.0 Å². The third-order valence-electron chi connectivity index (χ3n) is 4.94. The van der Waals surface area contributed by atoms with Crippen LogP contribution in [0.3, 0.4) is 0 Å². The summed E-state index contributed by atoms with van der Waals surface area (Å²) in [5, 5.41) is 3.87. The van der Waals surface area contributed by atoms with Crippen molar-refractivity contribution in [1.29, 1.82) is 0 Å². The number of nitrogens with zero attached hydrogens (tertiary/aromatic N) is 2. The average molecular weight is 435 g/mol. The van der Waals surface area contributed by atoms with Gasteiger partial charge in [0, 0.05) is 29.2 Å². The smallest absolute Gasteiger partial charge is 0.157 e. The molecule has 0 spiro atoms. The molecule has 0 aliphatic heterocycles. The van der Waals surface area contributed by atoms with Crippen LogP contribution in [0.2, 0.25) is 5.02 Å². The molecule has 0 amide bonds. The van der Waals surface area contributed by atoms with Crippen LogP contribution in [-0.2, 0) is 13.0 Å². The monoisotopic (exact) mass is 434 g/mol. The SMILES string of the molecule is CNCc1ccc2nc(-c3cccc(Cc4cc(Cl)ccc4OCC(C)C)n3)[nH]c2c1. The van der Waals surface area contributed by atoms with Crippen LogP contribution in [-0.4, -0.2) is 28.6 Å². The third-order valence-corrected chi connectivity index (χ3v) is 5.18. The van der Waals surface area contributed by atoms with E-state index in [1.807, 2.05) is 49.5 Å². The Morgan fingerprint density at radius 3 is 2.74 bits per heavy atom. The lowest BCUT2D eigenvalue weighted by atomic mass is 10.1. The number of ether oxygens (including phenoxy) is 1. The van der Waals surface area contributed by atoms with E-state index in [9.17, 15) is 0 Å². The number of hydrogen-bond donors (Lipinski definition) is 2. The van der Waals surface area contributed by atoms with E-state index >= 15 is 0 Å². The molecule has 4 rings (SSSR count). The van der Waals surface area contributed by atoms with E-state index in [2.05, 4.69) is 36.3 Å². The van der Waals surface area contributed by atoms with Crippen LogP contribution in [0.4, 0.5) is 0 Å². The van der Waals surface area contributed by atoms with Gasteiger partial charge in [0.05, 0.1) is 17.6 Å². The van der Waals surface area contributed by atoms with Gasteiger partial charge in [0.25, 0.3) is 0 Å². The Labute approximate surface area is 187 Å². The molecule has 0 aliphatic rings. The fourth-order valence-electron chi connectivity index (χ4n) is 3.48. The maximum Gasteiger partial charge on any atom is 0.157 e. The van der Waals surface area contributed by atoms with E-state index in [4.69, 9.17) is 26.3 Å². The standard InChI is InChI=1S/C25H27ClN4O/c1-16(2)15-31-24-10-8-19(26)12-18(24)13-20-5-4-6-22(28-20)25-29-21-9-7-17(14-27-3)11-23(21)30-25/h4-12,16,27H,13-15H2,1-3H3,(H,29,30). The minimum absolute atomic E-state index is 0.451. The van der Waals surface area contributed by atoms with Crippen molar-refractivity contribution in [1.82, 2.24) is 20.3 Å². The summed E-state index contributed by atoms with van der Waals surface area (Å²) in [5.74, 6) is 2.07. The Morgan fingerprint density at radius 2 is 1.94 bits per heavy atom. The Balaban J connectivity index is 1.61. The zero-order valence-electron chi connectivity index (χ0n) is 18.1. The number of pyridine rings is 1. The summed E-state index contributed by atoms with van der Waals surface area (Å²) in [5.41, 5.74) is 5.93. The topological polar surface area (TPSA) is 62.8 Å². The zero-order chi connectivity index (χ0) is 21.8. The first-order valence-electron chi connectivity index (χ1n) is 10.5. The first kappa shape index (κ1) is 21.3. The molecular formula is C25H27ClN4O. The highest BCUT2D eigenvalue weighted by Crippen LogP contribution is 2.27. The molecule has 2 heterocycles. The highest BCUT2D eigenvalue weighted by Gasteiger charge is 2.11. The van der Waals surface area contributed by atoms with Crippen LogP contribution in [0.1, 0.15) is 30.7 Å². The number of rotatable bonds is 8. The van der Waals surface area contributed by atoms with Gasteiger partial charge in [-0.1, -0.05) is 37.6 Å². The van der Waals surface area contributed by atoms with Gasteiger partial charge in [0.1, 0.15) is 11.4 Å². The molecule has 0 fully saturated rings. The molecule has 2 aromatic carbocycles. The lowest BCUT2D eigenvalue weighted by Crippen LogP contribution is -2.06. The number of fused-ring (bicyclic) bond motifs is 1. The lowest BCUT2D eigenvalue weighted by Gasteiger charge is -2.13. The molecule has 160 valence electrons. The maximum atomic E-state index is 6.26. The molecule has 0 unspecified atom stereocenters. The second kappa shape index (κ2) is 9.50. The molecule has 0 saturated carbocycles. The van der Waals surface area contributed by atoms with Gasteiger partial charge in [-0.05, 0) is 61.0 Å². The van der Waals surface area contributed by atoms with E-state index in [-0.39, 0.29) is 0 Å². The summed E-state index contributed by atoms with van der Waals surface area (Å²) < 4.78 is 6.00. The lowest BCUT2D eigenvalue weighted by molar-refractivity contribution is 0.269. The van der Waals surface area contributed by atoms with Gasteiger partial charge in [0.15, 0.2) is 5.82 Å². The zero-order valence-corrected chi connectivity index (χ0v) is 18.8.